The minimum atomic E-state index is -0.354. The topological polar surface area (TPSA) is 29.1 Å². The zero-order valence-electron chi connectivity index (χ0n) is 11.1. The van der Waals surface area contributed by atoms with E-state index in [9.17, 15) is 9.18 Å². The molecule has 0 heterocycles. The number of hydrogen-bond donors (Lipinski definition) is 1. The second kappa shape index (κ2) is 6.66. The van der Waals surface area contributed by atoms with Crippen LogP contribution < -0.4 is 5.32 Å². The predicted molar refractivity (Wildman–Crippen MR) is 77.9 cm³/mol. The summed E-state index contributed by atoms with van der Waals surface area (Å²) in [4.78, 5) is 12.1. The van der Waals surface area contributed by atoms with Gasteiger partial charge in [-0.25, -0.2) is 4.39 Å². The average Bonchev–Trinajstić information content (AvgIpc) is 2.48. The van der Waals surface area contributed by atoms with Crippen LogP contribution in [0.4, 0.5) is 4.39 Å². The smallest absolute Gasteiger partial charge is 0.251 e. The molecule has 0 radical (unpaired) electrons. The summed E-state index contributed by atoms with van der Waals surface area (Å²) in [6.45, 7) is 3.72. The SMILES string of the molecule is C=CC[C@@H](NC(=O)c1ccc(F)cc1)c1ccccc1. The van der Waals surface area contributed by atoms with E-state index in [0.717, 1.165) is 5.56 Å². The molecule has 0 saturated heterocycles. The standard InChI is InChI=1S/C17H16FNO/c1-2-6-16(13-7-4-3-5-8-13)19-17(20)14-9-11-15(18)12-10-14/h2-5,7-12,16H,1,6H2,(H,19,20)/t16-/m1/s1. The molecule has 0 aliphatic heterocycles. The van der Waals surface area contributed by atoms with Gasteiger partial charge in [0.1, 0.15) is 5.82 Å². The van der Waals surface area contributed by atoms with E-state index in [1.807, 2.05) is 30.3 Å². The lowest BCUT2D eigenvalue weighted by Gasteiger charge is -2.17. The van der Waals surface area contributed by atoms with Gasteiger partial charge in [0.2, 0.25) is 0 Å². The van der Waals surface area contributed by atoms with E-state index in [1.165, 1.54) is 24.3 Å². The molecule has 0 saturated carbocycles. The van der Waals surface area contributed by atoms with Crippen LogP contribution in [0.2, 0.25) is 0 Å². The highest BCUT2D eigenvalue weighted by atomic mass is 19.1. The van der Waals surface area contributed by atoms with Crippen LogP contribution in [0.1, 0.15) is 28.4 Å². The molecule has 1 atom stereocenters. The van der Waals surface area contributed by atoms with Gasteiger partial charge in [0.15, 0.2) is 0 Å². The van der Waals surface area contributed by atoms with Gasteiger partial charge in [0.05, 0.1) is 6.04 Å². The molecule has 2 nitrogen and oxygen atoms in total. The summed E-state index contributed by atoms with van der Waals surface area (Å²) in [5, 5.41) is 2.94. The van der Waals surface area contributed by atoms with Crippen molar-refractivity contribution in [1.82, 2.24) is 5.32 Å². The number of rotatable bonds is 5. The molecule has 2 aromatic rings. The van der Waals surface area contributed by atoms with Gasteiger partial charge < -0.3 is 5.32 Å². The minimum Gasteiger partial charge on any atom is -0.345 e. The van der Waals surface area contributed by atoms with E-state index in [1.54, 1.807) is 6.08 Å². The summed E-state index contributed by atoms with van der Waals surface area (Å²) in [5.41, 5.74) is 1.46. The van der Waals surface area contributed by atoms with Crippen LogP contribution in [0.3, 0.4) is 0 Å². The van der Waals surface area contributed by atoms with Crippen molar-refractivity contribution in [2.75, 3.05) is 0 Å². The Morgan fingerprint density at radius 2 is 1.80 bits per heavy atom. The first-order valence-electron chi connectivity index (χ1n) is 6.43. The number of nitrogens with one attached hydrogen (secondary N) is 1. The Balaban J connectivity index is 2.14. The fourth-order valence-corrected chi connectivity index (χ4v) is 1.97. The molecule has 0 aliphatic rings. The Bertz CT molecular complexity index is 578. The second-order valence-corrected chi connectivity index (χ2v) is 4.47. The van der Waals surface area contributed by atoms with Crippen molar-refractivity contribution in [3.63, 3.8) is 0 Å². The largest absolute Gasteiger partial charge is 0.345 e. The van der Waals surface area contributed by atoms with Gasteiger partial charge in [-0.15, -0.1) is 6.58 Å². The van der Waals surface area contributed by atoms with E-state index in [2.05, 4.69) is 11.9 Å². The van der Waals surface area contributed by atoms with Crippen LogP contribution >= 0.6 is 0 Å². The molecule has 2 aromatic carbocycles. The van der Waals surface area contributed by atoms with Crippen LogP contribution in [-0.4, -0.2) is 5.91 Å². The van der Waals surface area contributed by atoms with Crippen LogP contribution in [0.25, 0.3) is 0 Å². The van der Waals surface area contributed by atoms with Gasteiger partial charge in [-0.05, 0) is 36.2 Å². The van der Waals surface area contributed by atoms with E-state index < -0.39 is 0 Å². The van der Waals surface area contributed by atoms with Crippen molar-refractivity contribution < 1.29 is 9.18 Å². The maximum absolute atomic E-state index is 12.9. The third-order valence-electron chi connectivity index (χ3n) is 3.02. The number of carbonyl (C=O) groups is 1. The van der Waals surface area contributed by atoms with Gasteiger partial charge in [-0.2, -0.15) is 0 Å². The predicted octanol–water partition coefficient (Wildman–Crippen LogP) is 3.87. The normalized spacial score (nSPS) is 11.7. The molecule has 0 aromatic heterocycles. The second-order valence-electron chi connectivity index (χ2n) is 4.47. The number of hydrogen-bond acceptors (Lipinski definition) is 1. The zero-order valence-corrected chi connectivity index (χ0v) is 11.1. The summed E-state index contributed by atoms with van der Waals surface area (Å²) in [6, 6.07) is 15.1. The fourth-order valence-electron chi connectivity index (χ4n) is 1.97. The van der Waals surface area contributed by atoms with Crippen LogP contribution in [0.15, 0.2) is 67.3 Å². The molecular formula is C17H16FNO. The summed E-state index contributed by atoms with van der Waals surface area (Å²) in [6.07, 6.45) is 2.40. The Morgan fingerprint density at radius 1 is 1.15 bits per heavy atom. The van der Waals surface area contributed by atoms with Gasteiger partial charge >= 0.3 is 0 Å². The van der Waals surface area contributed by atoms with Crippen molar-refractivity contribution in [3.8, 4) is 0 Å². The van der Waals surface area contributed by atoms with E-state index in [4.69, 9.17) is 0 Å². The molecular weight excluding hydrogens is 253 g/mol. The lowest BCUT2D eigenvalue weighted by Crippen LogP contribution is -2.28. The Morgan fingerprint density at radius 3 is 2.40 bits per heavy atom. The van der Waals surface area contributed by atoms with Crippen LogP contribution in [-0.2, 0) is 0 Å². The van der Waals surface area contributed by atoms with E-state index in [0.29, 0.717) is 12.0 Å². The maximum Gasteiger partial charge on any atom is 0.251 e. The molecule has 3 heteroatoms. The highest BCUT2D eigenvalue weighted by Gasteiger charge is 2.14. The third-order valence-corrected chi connectivity index (χ3v) is 3.02. The van der Waals surface area contributed by atoms with Gasteiger partial charge in [0.25, 0.3) is 5.91 Å². The Hall–Kier alpha value is -2.42. The number of halogens is 1. The molecule has 0 unspecified atom stereocenters. The zero-order chi connectivity index (χ0) is 14.4. The highest BCUT2D eigenvalue weighted by Crippen LogP contribution is 2.17. The van der Waals surface area contributed by atoms with E-state index in [-0.39, 0.29) is 17.8 Å². The molecule has 0 bridgehead atoms. The first kappa shape index (κ1) is 14.0. The number of amides is 1. The van der Waals surface area contributed by atoms with Crippen LogP contribution in [0, 0.1) is 5.82 Å². The fraction of sp³-hybridized carbons (Fsp3) is 0.118. The lowest BCUT2D eigenvalue weighted by atomic mass is 10.0. The van der Waals surface area contributed by atoms with Crippen LogP contribution in [0.5, 0.6) is 0 Å². The van der Waals surface area contributed by atoms with Gasteiger partial charge in [-0.1, -0.05) is 36.4 Å². The molecule has 0 spiro atoms. The Labute approximate surface area is 118 Å². The monoisotopic (exact) mass is 269 g/mol. The maximum atomic E-state index is 12.9. The summed E-state index contributed by atoms with van der Waals surface area (Å²) in [5.74, 6) is -0.576. The van der Waals surface area contributed by atoms with Crippen molar-refractivity contribution in [2.24, 2.45) is 0 Å². The van der Waals surface area contributed by atoms with Crippen molar-refractivity contribution in [1.29, 1.82) is 0 Å². The molecule has 2 rings (SSSR count). The van der Waals surface area contributed by atoms with E-state index >= 15 is 0 Å². The molecule has 0 aliphatic carbocycles. The first-order chi connectivity index (χ1) is 9.70. The van der Waals surface area contributed by atoms with Crippen molar-refractivity contribution in [3.05, 3.63) is 84.2 Å². The highest BCUT2D eigenvalue weighted by molar-refractivity contribution is 5.94. The third kappa shape index (κ3) is 3.54. The summed E-state index contributed by atoms with van der Waals surface area (Å²) < 4.78 is 12.9. The van der Waals surface area contributed by atoms with Crippen molar-refractivity contribution >= 4 is 5.91 Å². The molecule has 20 heavy (non-hydrogen) atoms. The quantitative estimate of drug-likeness (QED) is 0.820. The molecule has 102 valence electrons. The summed E-state index contributed by atoms with van der Waals surface area (Å²) >= 11 is 0. The molecule has 1 N–H and O–H groups in total. The molecule has 1 amide bonds. The lowest BCUT2D eigenvalue weighted by molar-refractivity contribution is 0.0937. The average molecular weight is 269 g/mol. The minimum absolute atomic E-state index is 0.133. The number of carbonyl (C=O) groups excluding carboxylic acids is 1. The summed E-state index contributed by atoms with van der Waals surface area (Å²) in [7, 11) is 0. The first-order valence-corrected chi connectivity index (χ1v) is 6.43. The molecule has 0 fully saturated rings. The van der Waals surface area contributed by atoms with Gasteiger partial charge in [0, 0.05) is 5.56 Å². The van der Waals surface area contributed by atoms with Gasteiger partial charge in [-0.3, -0.25) is 4.79 Å². The van der Waals surface area contributed by atoms with Crippen molar-refractivity contribution in [2.45, 2.75) is 12.5 Å². The number of benzene rings is 2. The Kier molecular flexibility index (Phi) is 4.66.